The predicted molar refractivity (Wildman–Crippen MR) is 82.9 cm³/mol. The summed E-state index contributed by atoms with van der Waals surface area (Å²) in [5.74, 6) is 0. The Labute approximate surface area is 124 Å². The Morgan fingerprint density at radius 2 is 1.95 bits per heavy atom. The van der Waals surface area contributed by atoms with Crippen LogP contribution in [0.15, 0.2) is 0 Å². The van der Waals surface area contributed by atoms with Crippen molar-refractivity contribution in [3.05, 3.63) is 0 Å². The van der Waals surface area contributed by atoms with E-state index in [4.69, 9.17) is 4.74 Å². The van der Waals surface area contributed by atoms with Crippen LogP contribution in [0.3, 0.4) is 0 Å². The summed E-state index contributed by atoms with van der Waals surface area (Å²) in [6.07, 6.45) is 6.50. The molecule has 0 aromatic heterocycles. The van der Waals surface area contributed by atoms with Crippen LogP contribution in [0, 0.1) is 0 Å². The van der Waals surface area contributed by atoms with Gasteiger partial charge in [0.05, 0.1) is 5.54 Å². The fraction of sp³-hybridized carbons (Fsp3) is 0.938. The molecule has 2 N–H and O–H groups in total. The van der Waals surface area contributed by atoms with Crippen molar-refractivity contribution in [3.8, 4) is 0 Å². The highest BCUT2D eigenvalue weighted by Crippen LogP contribution is 2.31. The first-order valence-corrected chi connectivity index (χ1v) is 8.05. The molecule has 118 valence electrons. The van der Waals surface area contributed by atoms with Crippen molar-refractivity contribution in [2.24, 2.45) is 0 Å². The number of amides is 1. The molecule has 0 saturated heterocycles. The van der Waals surface area contributed by atoms with Gasteiger partial charge in [-0.3, -0.25) is 0 Å². The van der Waals surface area contributed by atoms with Gasteiger partial charge in [0, 0.05) is 12.6 Å². The summed E-state index contributed by atoms with van der Waals surface area (Å²) < 4.78 is 5.37. The summed E-state index contributed by atoms with van der Waals surface area (Å²) in [7, 11) is 0. The zero-order valence-electron chi connectivity index (χ0n) is 13.8. The number of nitrogens with one attached hydrogen (secondary N) is 2. The second kappa shape index (κ2) is 7.30. The van der Waals surface area contributed by atoms with Gasteiger partial charge in [0.1, 0.15) is 5.60 Å². The normalized spacial score (nSPS) is 19.1. The van der Waals surface area contributed by atoms with Crippen molar-refractivity contribution in [2.75, 3.05) is 6.54 Å². The number of alkyl carbamates (subject to hydrolysis) is 1. The molecule has 1 rings (SSSR count). The van der Waals surface area contributed by atoms with E-state index in [2.05, 4.69) is 24.5 Å². The zero-order valence-corrected chi connectivity index (χ0v) is 13.8. The number of hydrogen-bond donors (Lipinski definition) is 2. The lowest BCUT2D eigenvalue weighted by Gasteiger charge is -2.43. The smallest absolute Gasteiger partial charge is 0.408 e. The van der Waals surface area contributed by atoms with E-state index in [9.17, 15) is 4.79 Å². The molecule has 1 fully saturated rings. The quantitative estimate of drug-likeness (QED) is 0.751. The Balaban J connectivity index is 2.45. The molecular formula is C16H32N2O2. The molecule has 0 aliphatic heterocycles. The second-order valence-corrected chi connectivity index (χ2v) is 7.04. The van der Waals surface area contributed by atoms with Gasteiger partial charge < -0.3 is 15.4 Å². The van der Waals surface area contributed by atoms with Crippen LogP contribution in [-0.4, -0.2) is 29.8 Å². The van der Waals surface area contributed by atoms with Crippen LogP contribution in [0.25, 0.3) is 0 Å². The number of ether oxygens (including phenoxy) is 1. The van der Waals surface area contributed by atoms with Crippen molar-refractivity contribution in [1.29, 1.82) is 0 Å². The van der Waals surface area contributed by atoms with Crippen LogP contribution in [-0.2, 0) is 4.74 Å². The first kappa shape index (κ1) is 17.3. The molecule has 1 aliphatic carbocycles. The monoisotopic (exact) mass is 284 g/mol. The summed E-state index contributed by atoms with van der Waals surface area (Å²) in [5.41, 5.74) is -0.528. The highest BCUT2D eigenvalue weighted by atomic mass is 16.6. The molecule has 4 heteroatoms. The maximum Gasteiger partial charge on any atom is 0.408 e. The summed E-state index contributed by atoms with van der Waals surface area (Å²) in [5, 5.41) is 6.70. The van der Waals surface area contributed by atoms with E-state index in [1.165, 1.54) is 19.3 Å². The van der Waals surface area contributed by atoms with Gasteiger partial charge in [-0.1, -0.05) is 20.3 Å². The highest BCUT2D eigenvalue weighted by Gasteiger charge is 2.39. The average Bonchev–Trinajstić information content (AvgIpc) is 2.28. The predicted octanol–water partition coefficient (Wildman–Crippen LogP) is 3.60. The Morgan fingerprint density at radius 1 is 1.30 bits per heavy atom. The van der Waals surface area contributed by atoms with E-state index in [1.807, 2.05) is 20.8 Å². The molecular weight excluding hydrogens is 252 g/mol. The van der Waals surface area contributed by atoms with Crippen LogP contribution in [0.1, 0.15) is 73.1 Å². The van der Waals surface area contributed by atoms with E-state index in [-0.39, 0.29) is 11.6 Å². The lowest BCUT2D eigenvalue weighted by Crippen LogP contribution is -2.60. The third-order valence-corrected chi connectivity index (χ3v) is 3.94. The molecule has 1 atom stereocenters. The van der Waals surface area contributed by atoms with E-state index in [0.29, 0.717) is 6.04 Å². The summed E-state index contributed by atoms with van der Waals surface area (Å²) >= 11 is 0. The third kappa shape index (κ3) is 5.70. The lowest BCUT2D eigenvalue weighted by molar-refractivity contribution is 0.0378. The number of rotatable bonds is 7. The van der Waals surface area contributed by atoms with E-state index < -0.39 is 5.60 Å². The summed E-state index contributed by atoms with van der Waals surface area (Å²) in [6, 6.07) is 0.554. The minimum Gasteiger partial charge on any atom is -0.444 e. The van der Waals surface area contributed by atoms with E-state index in [0.717, 1.165) is 25.8 Å². The lowest BCUT2D eigenvalue weighted by atomic mass is 9.76. The minimum atomic E-state index is -0.434. The molecule has 0 aromatic carbocycles. The van der Waals surface area contributed by atoms with Crippen LogP contribution in [0.4, 0.5) is 4.79 Å². The molecule has 0 aromatic rings. The SMILES string of the molecule is CCCC(CC)NCC1(NC(=O)OC(C)(C)C)CCC1. The van der Waals surface area contributed by atoms with Gasteiger partial charge in [-0.05, 0) is 52.9 Å². The number of carbonyl (C=O) groups excluding carboxylic acids is 1. The molecule has 4 nitrogen and oxygen atoms in total. The van der Waals surface area contributed by atoms with Crippen LogP contribution in [0.5, 0.6) is 0 Å². The topological polar surface area (TPSA) is 50.4 Å². The maximum absolute atomic E-state index is 11.9. The van der Waals surface area contributed by atoms with Crippen LogP contribution < -0.4 is 10.6 Å². The Hall–Kier alpha value is -0.770. The summed E-state index contributed by atoms with van der Waals surface area (Å²) in [4.78, 5) is 11.9. The van der Waals surface area contributed by atoms with Crippen LogP contribution >= 0.6 is 0 Å². The molecule has 1 aliphatic rings. The van der Waals surface area contributed by atoms with Crippen molar-refractivity contribution >= 4 is 6.09 Å². The van der Waals surface area contributed by atoms with Crippen molar-refractivity contribution in [3.63, 3.8) is 0 Å². The van der Waals surface area contributed by atoms with Gasteiger partial charge in [0.25, 0.3) is 0 Å². The molecule has 0 spiro atoms. The van der Waals surface area contributed by atoms with Gasteiger partial charge in [0.2, 0.25) is 0 Å². The van der Waals surface area contributed by atoms with Gasteiger partial charge in [0.15, 0.2) is 0 Å². The fourth-order valence-corrected chi connectivity index (χ4v) is 2.61. The Kier molecular flexibility index (Phi) is 6.31. The zero-order chi connectivity index (χ0) is 15.2. The highest BCUT2D eigenvalue weighted by molar-refractivity contribution is 5.69. The molecule has 20 heavy (non-hydrogen) atoms. The van der Waals surface area contributed by atoms with E-state index in [1.54, 1.807) is 0 Å². The molecule has 0 heterocycles. The van der Waals surface area contributed by atoms with Crippen molar-refractivity contribution in [2.45, 2.75) is 90.3 Å². The number of hydrogen-bond acceptors (Lipinski definition) is 3. The third-order valence-electron chi connectivity index (χ3n) is 3.94. The average molecular weight is 284 g/mol. The second-order valence-electron chi connectivity index (χ2n) is 7.04. The molecule has 0 radical (unpaired) electrons. The Bertz CT molecular complexity index is 306. The van der Waals surface area contributed by atoms with Crippen molar-refractivity contribution in [1.82, 2.24) is 10.6 Å². The first-order chi connectivity index (χ1) is 9.30. The van der Waals surface area contributed by atoms with E-state index >= 15 is 0 Å². The number of carbonyl (C=O) groups is 1. The minimum absolute atomic E-state index is 0.0938. The van der Waals surface area contributed by atoms with Crippen molar-refractivity contribution < 1.29 is 9.53 Å². The van der Waals surface area contributed by atoms with Gasteiger partial charge >= 0.3 is 6.09 Å². The first-order valence-electron chi connectivity index (χ1n) is 8.05. The van der Waals surface area contributed by atoms with Gasteiger partial charge in [-0.15, -0.1) is 0 Å². The standard InChI is InChI=1S/C16H32N2O2/c1-6-9-13(7-2)17-12-16(10-8-11-16)18-14(19)20-15(3,4)5/h13,17H,6-12H2,1-5H3,(H,18,19). The molecule has 1 saturated carbocycles. The Morgan fingerprint density at radius 3 is 2.35 bits per heavy atom. The van der Waals surface area contributed by atoms with Crippen LogP contribution in [0.2, 0.25) is 0 Å². The summed E-state index contributed by atoms with van der Waals surface area (Å²) in [6.45, 7) is 11.0. The molecule has 0 bridgehead atoms. The maximum atomic E-state index is 11.9. The van der Waals surface area contributed by atoms with Gasteiger partial charge in [-0.25, -0.2) is 4.79 Å². The molecule has 1 unspecified atom stereocenters. The largest absolute Gasteiger partial charge is 0.444 e. The molecule has 1 amide bonds. The van der Waals surface area contributed by atoms with Gasteiger partial charge in [-0.2, -0.15) is 0 Å². The fourth-order valence-electron chi connectivity index (χ4n) is 2.61.